The van der Waals surface area contributed by atoms with Crippen LogP contribution in [-0.4, -0.2) is 40.4 Å². The van der Waals surface area contributed by atoms with Gasteiger partial charge in [-0.25, -0.2) is 9.59 Å². The molecule has 0 fully saturated rings. The summed E-state index contributed by atoms with van der Waals surface area (Å²) >= 11 is 0. The second-order valence-corrected chi connectivity index (χ2v) is 7.15. The first-order valence-corrected chi connectivity index (χ1v) is 7.95. The normalized spacial score (nSPS) is 18.9. The van der Waals surface area contributed by atoms with Crippen LogP contribution in [0.3, 0.4) is 0 Å². The van der Waals surface area contributed by atoms with Gasteiger partial charge in [0.25, 0.3) is 0 Å². The molecule has 1 aromatic carbocycles. The number of carbonyl (C=O) groups excluding carboxylic acids is 2. The number of carbonyl (C=O) groups is 2. The van der Waals surface area contributed by atoms with Crippen molar-refractivity contribution in [3.05, 3.63) is 29.3 Å². The van der Waals surface area contributed by atoms with E-state index in [0.29, 0.717) is 21.7 Å². The third kappa shape index (κ3) is 3.59. The van der Waals surface area contributed by atoms with E-state index in [4.69, 9.17) is 4.74 Å². The summed E-state index contributed by atoms with van der Waals surface area (Å²) in [6.07, 6.45) is -0.740. The van der Waals surface area contributed by atoms with Crippen LogP contribution in [0.1, 0.15) is 36.7 Å². The minimum absolute atomic E-state index is 0.124. The van der Waals surface area contributed by atoms with Crippen LogP contribution in [0.5, 0.6) is 0 Å². The predicted molar refractivity (Wildman–Crippen MR) is 81.8 cm³/mol. The van der Waals surface area contributed by atoms with Crippen molar-refractivity contribution in [3.63, 3.8) is 0 Å². The number of hydrogen-bond donors (Lipinski definition) is 0. The number of esters is 1. The lowest BCUT2D eigenvalue weighted by Gasteiger charge is -2.17. The molecule has 2 rings (SSSR count). The van der Waals surface area contributed by atoms with Crippen LogP contribution in [-0.2, 0) is 20.3 Å². The van der Waals surface area contributed by atoms with Gasteiger partial charge in [0.05, 0.1) is 34.9 Å². The highest BCUT2D eigenvalue weighted by Crippen LogP contribution is 2.25. The Morgan fingerprint density at radius 1 is 1.27 bits per heavy atom. The van der Waals surface area contributed by atoms with E-state index in [1.54, 1.807) is 32.9 Å². The van der Waals surface area contributed by atoms with E-state index in [9.17, 15) is 13.8 Å². The van der Waals surface area contributed by atoms with Crippen molar-refractivity contribution in [3.8, 4) is 0 Å². The average Bonchev–Trinajstić information content (AvgIpc) is 2.72. The molecule has 6 nitrogen and oxygen atoms in total. The van der Waals surface area contributed by atoms with Gasteiger partial charge >= 0.3 is 12.1 Å². The molecule has 0 N–H and O–H groups in total. The lowest BCUT2D eigenvalue weighted by Crippen LogP contribution is -2.23. The van der Waals surface area contributed by atoms with Gasteiger partial charge in [0, 0.05) is 10.5 Å². The van der Waals surface area contributed by atoms with Crippen molar-refractivity contribution in [2.45, 2.75) is 31.3 Å². The second kappa shape index (κ2) is 6.00. The van der Waals surface area contributed by atoms with Gasteiger partial charge in [-0.15, -0.1) is 0 Å². The first kappa shape index (κ1) is 16.4. The molecule has 22 heavy (non-hydrogen) atoms. The van der Waals surface area contributed by atoms with Crippen molar-refractivity contribution >= 4 is 28.6 Å². The highest BCUT2D eigenvalue weighted by Gasteiger charge is 2.27. The van der Waals surface area contributed by atoms with E-state index in [1.165, 1.54) is 13.2 Å². The Morgan fingerprint density at radius 2 is 1.95 bits per heavy atom. The van der Waals surface area contributed by atoms with E-state index < -0.39 is 28.5 Å². The highest BCUT2D eigenvalue weighted by atomic mass is 32.2. The maximum atomic E-state index is 12.1. The molecule has 0 aromatic heterocycles. The zero-order valence-corrected chi connectivity index (χ0v) is 13.7. The van der Waals surface area contributed by atoms with Crippen LogP contribution in [0.25, 0.3) is 0 Å². The van der Waals surface area contributed by atoms with E-state index in [1.807, 2.05) is 0 Å². The van der Waals surface area contributed by atoms with Gasteiger partial charge in [0.1, 0.15) is 5.60 Å². The van der Waals surface area contributed by atoms with Gasteiger partial charge in [0.15, 0.2) is 0 Å². The zero-order valence-electron chi connectivity index (χ0n) is 12.8. The largest absolute Gasteiger partial charge is 0.465 e. The minimum Gasteiger partial charge on any atom is -0.465 e. The maximum absolute atomic E-state index is 12.1. The summed E-state index contributed by atoms with van der Waals surface area (Å²) in [5.41, 5.74) is 0.535. The first-order valence-electron chi connectivity index (χ1n) is 6.63. The number of nitrogens with zero attached hydrogens (tertiary/aromatic N) is 1. The zero-order chi connectivity index (χ0) is 16.5. The Morgan fingerprint density at radius 3 is 2.55 bits per heavy atom. The summed E-state index contributed by atoms with van der Waals surface area (Å²) < 4.78 is 21.8. The van der Waals surface area contributed by atoms with Crippen LogP contribution < -0.4 is 0 Å². The van der Waals surface area contributed by atoms with Gasteiger partial charge in [-0.05, 0) is 39.0 Å². The minimum atomic E-state index is -1.28. The topological polar surface area (TPSA) is 82.0 Å². The molecule has 0 radical (unpaired) electrons. The molecule has 118 valence electrons. The van der Waals surface area contributed by atoms with Gasteiger partial charge in [-0.2, -0.15) is 4.99 Å². The molecule has 1 unspecified atom stereocenters. The number of fused-ring (bicyclic) bond motifs is 1. The summed E-state index contributed by atoms with van der Waals surface area (Å²) in [5, 5.41) is 0. The molecule has 1 heterocycles. The van der Waals surface area contributed by atoms with Crippen molar-refractivity contribution in [1.29, 1.82) is 0 Å². The number of methoxy groups -OCH3 is 1. The lowest BCUT2D eigenvalue weighted by molar-refractivity contribution is 0.0593. The van der Waals surface area contributed by atoms with Crippen molar-refractivity contribution < 1.29 is 23.3 Å². The van der Waals surface area contributed by atoms with E-state index >= 15 is 0 Å². The third-order valence-electron chi connectivity index (χ3n) is 2.84. The Bertz CT molecular complexity index is 688. The summed E-state index contributed by atoms with van der Waals surface area (Å²) in [6.45, 7) is 5.21. The first-order chi connectivity index (χ1) is 10.2. The van der Waals surface area contributed by atoms with Crippen LogP contribution in [0.2, 0.25) is 0 Å². The highest BCUT2D eigenvalue weighted by molar-refractivity contribution is 7.86. The predicted octanol–water partition coefficient (Wildman–Crippen LogP) is 2.32. The molecule has 1 atom stereocenters. The fourth-order valence-corrected chi connectivity index (χ4v) is 3.23. The van der Waals surface area contributed by atoms with Crippen molar-refractivity contribution in [2.75, 3.05) is 12.9 Å². The Hall–Kier alpha value is -2.02. The third-order valence-corrected chi connectivity index (χ3v) is 4.23. The monoisotopic (exact) mass is 323 g/mol. The second-order valence-electron chi connectivity index (χ2n) is 5.73. The van der Waals surface area contributed by atoms with E-state index in [0.717, 1.165) is 0 Å². The fourth-order valence-electron chi connectivity index (χ4n) is 1.97. The summed E-state index contributed by atoms with van der Waals surface area (Å²) in [6, 6.07) is 4.67. The van der Waals surface area contributed by atoms with Gasteiger partial charge < -0.3 is 9.47 Å². The Balaban J connectivity index is 2.37. The van der Waals surface area contributed by atoms with Crippen molar-refractivity contribution in [1.82, 2.24) is 0 Å². The Labute approximate surface area is 131 Å². The summed E-state index contributed by atoms with van der Waals surface area (Å²) in [4.78, 5) is 27.8. The number of benzene rings is 1. The van der Waals surface area contributed by atoms with Crippen LogP contribution in [0.4, 0.5) is 4.79 Å². The summed E-state index contributed by atoms with van der Waals surface area (Å²) in [7, 11) is -0.000380. The SMILES string of the molecule is COC(=O)c1ccc2c(c1)C(=NC(=O)OC(C)(C)C)CS2=O. The molecule has 0 saturated heterocycles. The molecule has 1 aliphatic rings. The number of hydrogen-bond acceptors (Lipinski definition) is 5. The molecule has 0 bridgehead atoms. The van der Waals surface area contributed by atoms with Crippen LogP contribution >= 0.6 is 0 Å². The number of aliphatic imine (C=N–C) groups is 1. The molecular weight excluding hydrogens is 306 g/mol. The Kier molecular flexibility index (Phi) is 4.46. The van der Waals surface area contributed by atoms with Gasteiger partial charge in [0.2, 0.25) is 0 Å². The summed E-state index contributed by atoms with van der Waals surface area (Å²) in [5.74, 6) is -0.378. The number of ether oxygens (including phenoxy) is 2. The molecular formula is C15H17NO5S. The van der Waals surface area contributed by atoms with E-state index in [-0.39, 0.29) is 5.75 Å². The molecule has 1 aromatic rings. The maximum Gasteiger partial charge on any atom is 0.434 e. The smallest absolute Gasteiger partial charge is 0.434 e. The quantitative estimate of drug-likeness (QED) is 0.741. The standard InChI is InChI=1S/C15H17NO5S/c1-15(2,3)21-14(18)16-11-8-22(19)12-6-5-9(7-10(11)12)13(17)20-4/h5-7H,8H2,1-4H3. The van der Waals surface area contributed by atoms with Gasteiger partial charge in [-0.1, -0.05) is 0 Å². The van der Waals surface area contributed by atoms with Crippen molar-refractivity contribution in [2.24, 2.45) is 4.99 Å². The molecule has 7 heteroatoms. The molecule has 0 saturated carbocycles. The fraction of sp³-hybridized carbons (Fsp3) is 0.400. The van der Waals surface area contributed by atoms with Crippen LogP contribution in [0.15, 0.2) is 28.1 Å². The molecule has 0 spiro atoms. The number of amides is 1. The lowest BCUT2D eigenvalue weighted by atomic mass is 10.1. The molecule has 1 aliphatic heterocycles. The van der Waals surface area contributed by atoms with Crippen LogP contribution in [0, 0.1) is 0 Å². The van der Waals surface area contributed by atoms with Gasteiger partial charge in [-0.3, -0.25) is 4.21 Å². The number of rotatable bonds is 1. The molecule has 0 aliphatic carbocycles. The average molecular weight is 323 g/mol. The van der Waals surface area contributed by atoms with E-state index in [2.05, 4.69) is 9.73 Å². The molecule has 1 amide bonds.